The average Bonchev–Trinajstić information content (AvgIpc) is 2.28. The van der Waals surface area contributed by atoms with Crippen molar-refractivity contribution in [3.8, 4) is 6.07 Å². The van der Waals surface area contributed by atoms with Crippen LogP contribution in [0.25, 0.3) is 0 Å². The van der Waals surface area contributed by atoms with Crippen LogP contribution in [0.2, 0.25) is 0 Å². The highest BCUT2D eigenvalue weighted by atomic mass is 16.3. The smallest absolute Gasteiger partial charge is 0.128 e. The summed E-state index contributed by atoms with van der Waals surface area (Å²) >= 11 is 0. The van der Waals surface area contributed by atoms with E-state index in [-0.39, 0.29) is 25.1 Å². The Hall–Kier alpha value is -1.64. The summed E-state index contributed by atoms with van der Waals surface area (Å²) in [5.41, 5.74) is 6.61. The molecular formula is C11H16N4O. The van der Waals surface area contributed by atoms with E-state index in [2.05, 4.69) is 10.3 Å². The van der Waals surface area contributed by atoms with Crippen LogP contribution in [0.15, 0.2) is 18.3 Å². The average molecular weight is 220 g/mol. The highest BCUT2D eigenvalue weighted by Gasteiger charge is 2.14. The molecule has 0 spiro atoms. The number of hydrogen-bond acceptors (Lipinski definition) is 5. The molecule has 5 heteroatoms. The quantitative estimate of drug-likeness (QED) is 0.675. The first kappa shape index (κ1) is 12.4. The monoisotopic (exact) mass is 220 g/mol. The molecule has 1 rings (SSSR count). The van der Waals surface area contributed by atoms with Gasteiger partial charge in [0.15, 0.2) is 0 Å². The molecule has 4 N–H and O–H groups in total. The van der Waals surface area contributed by atoms with Crippen molar-refractivity contribution in [2.24, 2.45) is 0 Å². The van der Waals surface area contributed by atoms with Crippen LogP contribution in [-0.4, -0.2) is 22.7 Å². The SMILES string of the molecule is CC(N[C@H](CO)CC#N)c1cccnc1N. The molecule has 1 aromatic heterocycles. The van der Waals surface area contributed by atoms with Crippen LogP contribution in [-0.2, 0) is 0 Å². The van der Waals surface area contributed by atoms with Gasteiger partial charge in [0.2, 0.25) is 0 Å². The Labute approximate surface area is 94.9 Å². The highest BCUT2D eigenvalue weighted by Crippen LogP contribution is 2.17. The lowest BCUT2D eigenvalue weighted by atomic mass is 10.1. The van der Waals surface area contributed by atoms with Crippen molar-refractivity contribution in [3.05, 3.63) is 23.9 Å². The van der Waals surface area contributed by atoms with Crippen LogP contribution in [0.3, 0.4) is 0 Å². The first-order valence-corrected chi connectivity index (χ1v) is 5.13. The van der Waals surface area contributed by atoms with Crippen LogP contribution in [0.4, 0.5) is 5.82 Å². The molecule has 0 saturated heterocycles. The number of nitrogens with one attached hydrogen (secondary N) is 1. The molecule has 0 amide bonds. The Kier molecular flexibility index (Phi) is 4.70. The Morgan fingerprint density at radius 2 is 2.44 bits per heavy atom. The van der Waals surface area contributed by atoms with E-state index in [1.807, 2.05) is 25.1 Å². The van der Waals surface area contributed by atoms with Gasteiger partial charge in [-0.3, -0.25) is 0 Å². The summed E-state index contributed by atoms with van der Waals surface area (Å²) in [7, 11) is 0. The van der Waals surface area contributed by atoms with Crippen LogP contribution >= 0.6 is 0 Å². The van der Waals surface area contributed by atoms with Gasteiger partial charge in [0.25, 0.3) is 0 Å². The standard InChI is InChI=1S/C11H16N4O/c1-8(15-9(7-16)4-5-12)10-3-2-6-14-11(10)13/h2-3,6,8-9,15-16H,4,7H2,1H3,(H2,13,14)/t8?,9-/m0/s1. The van der Waals surface area contributed by atoms with Crippen molar-refractivity contribution in [2.75, 3.05) is 12.3 Å². The lowest BCUT2D eigenvalue weighted by Gasteiger charge is -2.20. The van der Waals surface area contributed by atoms with Gasteiger partial charge in [-0.1, -0.05) is 6.07 Å². The number of aliphatic hydroxyl groups excluding tert-OH is 1. The molecule has 1 heterocycles. The summed E-state index contributed by atoms with van der Waals surface area (Å²) < 4.78 is 0. The highest BCUT2D eigenvalue weighted by molar-refractivity contribution is 5.40. The number of aliphatic hydroxyl groups is 1. The molecule has 1 aromatic rings. The van der Waals surface area contributed by atoms with Gasteiger partial charge in [-0.2, -0.15) is 5.26 Å². The molecule has 0 saturated carbocycles. The summed E-state index contributed by atoms with van der Waals surface area (Å²) in [5.74, 6) is 0.469. The van der Waals surface area contributed by atoms with Crippen molar-refractivity contribution >= 4 is 5.82 Å². The van der Waals surface area contributed by atoms with Gasteiger partial charge in [0.05, 0.1) is 19.1 Å². The van der Waals surface area contributed by atoms with Crippen LogP contribution in [0, 0.1) is 11.3 Å². The fourth-order valence-corrected chi connectivity index (χ4v) is 1.53. The maximum atomic E-state index is 9.06. The summed E-state index contributed by atoms with van der Waals surface area (Å²) in [6, 6.07) is 5.43. The summed E-state index contributed by atoms with van der Waals surface area (Å²) in [6.45, 7) is 1.85. The number of nitrogens with zero attached hydrogens (tertiary/aromatic N) is 2. The fraction of sp³-hybridized carbons (Fsp3) is 0.455. The van der Waals surface area contributed by atoms with Crippen LogP contribution in [0.5, 0.6) is 0 Å². The zero-order valence-corrected chi connectivity index (χ0v) is 9.22. The third-order valence-electron chi connectivity index (χ3n) is 2.38. The third-order valence-corrected chi connectivity index (χ3v) is 2.38. The van der Waals surface area contributed by atoms with E-state index in [0.29, 0.717) is 5.82 Å². The minimum absolute atomic E-state index is 0.0424. The number of anilines is 1. The number of hydrogen-bond donors (Lipinski definition) is 3. The number of nitriles is 1. The van der Waals surface area contributed by atoms with Gasteiger partial charge in [0.1, 0.15) is 5.82 Å². The molecule has 2 atom stereocenters. The number of aromatic nitrogens is 1. The molecule has 0 bridgehead atoms. The van der Waals surface area contributed by atoms with Gasteiger partial charge in [-0.15, -0.1) is 0 Å². The molecule has 1 unspecified atom stereocenters. The first-order chi connectivity index (χ1) is 7.69. The number of rotatable bonds is 5. The second kappa shape index (κ2) is 6.05. The van der Waals surface area contributed by atoms with Gasteiger partial charge >= 0.3 is 0 Å². The van der Waals surface area contributed by atoms with Crippen molar-refractivity contribution in [1.82, 2.24) is 10.3 Å². The predicted octanol–water partition coefficient (Wildman–Crippen LogP) is 0.589. The Morgan fingerprint density at radius 1 is 1.69 bits per heavy atom. The molecule has 0 aliphatic carbocycles. The van der Waals surface area contributed by atoms with E-state index in [9.17, 15) is 0 Å². The van der Waals surface area contributed by atoms with E-state index < -0.39 is 0 Å². The molecule has 16 heavy (non-hydrogen) atoms. The van der Waals surface area contributed by atoms with E-state index in [4.69, 9.17) is 16.1 Å². The molecule has 5 nitrogen and oxygen atoms in total. The summed E-state index contributed by atoms with van der Waals surface area (Å²) in [5, 5.41) is 20.8. The maximum absolute atomic E-state index is 9.06. The van der Waals surface area contributed by atoms with Crippen molar-refractivity contribution in [1.29, 1.82) is 5.26 Å². The molecular weight excluding hydrogens is 204 g/mol. The molecule has 0 aromatic carbocycles. The summed E-state index contributed by atoms with van der Waals surface area (Å²) in [6.07, 6.45) is 1.89. The fourth-order valence-electron chi connectivity index (χ4n) is 1.53. The van der Waals surface area contributed by atoms with E-state index in [1.165, 1.54) is 0 Å². The topological polar surface area (TPSA) is 95.0 Å². The van der Waals surface area contributed by atoms with E-state index in [1.54, 1.807) is 6.20 Å². The maximum Gasteiger partial charge on any atom is 0.128 e. The first-order valence-electron chi connectivity index (χ1n) is 5.13. The van der Waals surface area contributed by atoms with Crippen molar-refractivity contribution in [3.63, 3.8) is 0 Å². The molecule has 0 fully saturated rings. The zero-order valence-electron chi connectivity index (χ0n) is 9.22. The summed E-state index contributed by atoms with van der Waals surface area (Å²) in [4.78, 5) is 3.99. The van der Waals surface area contributed by atoms with Crippen LogP contribution in [0.1, 0.15) is 24.9 Å². The minimum Gasteiger partial charge on any atom is -0.395 e. The Morgan fingerprint density at radius 3 is 3.00 bits per heavy atom. The number of nitrogen functional groups attached to an aromatic ring is 1. The number of nitrogens with two attached hydrogens (primary N) is 1. The minimum atomic E-state index is -0.236. The van der Waals surface area contributed by atoms with Crippen molar-refractivity contribution < 1.29 is 5.11 Å². The lowest BCUT2D eigenvalue weighted by Crippen LogP contribution is -2.34. The normalized spacial score (nSPS) is 14.1. The van der Waals surface area contributed by atoms with Gasteiger partial charge < -0.3 is 16.2 Å². The predicted molar refractivity (Wildman–Crippen MR) is 61.3 cm³/mol. The van der Waals surface area contributed by atoms with Crippen LogP contribution < -0.4 is 11.1 Å². The zero-order chi connectivity index (χ0) is 12.0. The molecule has 0 radical (unpaired) electrons. The van der Waals surface area contributed by atoms with E-state index >= 15 is 0 Å². The second-order valence-electron chi connectivity index (χ2n) is 3.61. The van der Waals surface area contributed by atoms with Gasteiger partial charge in [-0.25, -0.2) is 4.98 Å². The Bertz CT molecular complexity index is 374. The number of pyridine rings is 1. The second-order valence-corrected chi connectivity index (χ2v) is 3.61. The molecule has 0 aliphatic rings. The van der Waals surface area contributed by atoms with Crippen molar-refractivity contribution in [2.45, 2.75) is 25.4 Å². The third kappa shape index (κ3) is 3.19. The van der Waals surface area contributed by atoms with Gasteiger partial charge in [-0.05, 0) is 13.0 Å². The van der Waals surface area contributed by atoms with E-state index in [0.717, 1.165) is 5.56 Å². The lowest BCUT2D eigenvalue weighted by molar-refractivity contribution is 0.235. The van der Waals surface area contributed by atoms with Gasteiger partial charge in [0, 0.05) is 23.8 Å². The molecule has 0 aliphatic heterocycles. The Balaban J connectivity index is 2.68. The molecule has 86 valence electrons. The largest absolute Gasteiger partial charge is 0.395 e.